The lowest BCUT2D eigenvalue weighted by molar-refractivity contribution is 0.403. The molecule has 0 aliphatic rings. The summed E-state index contributed by atoms with van der Waals surface area (Å²) in [6.07, 6.45) is 0. The van der Waals surface area contributed by atoms with E-state index in [0.29, 0.717) is 10.9 Å². The predicted octanol–water partition coefficient (Wildman–Crippen LogP) is 1.82. The van der Waals surface area contributed by atoms with Gasteiger partial charge in [-0.25, -0.2) is 4.79 Å². The Morgan fingerprint density at radius 1 is 1.07 bits per heavy atom. The Labute approximate surface area is 85.4 Å². The van der Waals surface area contributed by atoms with E-state index >= 15 is 0 Å². The Bertz CT molecular complexity index is 596. The Morgan fingerprint density at radius 3 is 2.33 bits per heavy atom. The Morgan fingerprint density at radius 2 is 1.67 bits per heavy atom. The van der Waals surface area contributed by atoms with Crippen LogP contribution in [0.15, 0.2) is 21.3 Å². The van der Waals surface area contributed by atoms with E-state index < -0.39 is 5.63 Å². The van der Waals surface area contributed by atoms with E-state index in [1.54, 1.807) is 13.8 Å². The molecule has 0 amide bonds. The number of hydrogen-bond acceptors (Lipinski definition) is 4. The van der Waals surface area contributed by atoms with Gasteiger partial charge in [-0.05, 0) is 25.5 Å². The van der Waals surface area contributed by atoms with Crippen LogP contribution >= 0.6 is 0 Å². The summed E-state index contributed by atoms with van der Waals surface area (Å²) < 4.78 is 4.98. The van der Waals surface area contributed by atoms with Crippen LogP contribution in [0.25, 0.3) is 11.0 Å². The van der Waals surface area contributed by atoms with E-state index in [1.807, 2.05) is 0 Å². The zero-order valence-corrected chi connectivity index (χ0v) is 8.37. The van der Waals surface area contributed by atoms with Gasteiger partial charge in [-0.3, -0.25) is 0 Å². The van der Waals surface area contributed by atoms with Crippen LogP contribution < -0.4 is 5.63 Å². The van der Waals surface area contributed by atoms with Crippen LogP contribution in [0.1, 0.15) is 11.1 Å². The van der Waals surface area contributed by atoms with Gasteiger partial charge in [0.25, 0.3) is 0 Å². The summed E-state index contributed by atoms with van der Waals surface area (Å²) in [5.74, 6) is -0.521. The number of hydrogen-bond donors (Lipinski definition) is 2. The molecule has 0 aliphatic carbocycles. The molecule has 0 aliphatic heterocycles. The topological polar surface area (TPSA) is 70.7 Å². The number of rotatable bonds is 0. The van der Waals surface area contributed by atoms with Crippen molar-refractivity contribution in [2.24, 2.45) is 0 Å². The lowest BCUT2D eigenvalue weighted by Gasteiger charge is -2.05. The summed E-state index contributed by atoms with van der Waals surface area (Å²) in [5.41, 5.74) is 1.10. The summed E-state index contributed by atoms with van der Waals surface area (Å²) in [4.78, 5) is 11.3. The van der Waals surface area contributed by atoms with Crippen molar-refractivity contribution >= 4 is 11.0 Å². The molecule has 2 rings (SSSR count). The molecule has 4 heteroatoms. The first-order chi connectivity index (χ1) is 7.00. The van der Waals surface area contributed by atoms with Crippen LogP contribution in [0.2, 0.25) is 0 Å². The van der Waals surface area contributed by atoms with Crippen LogP contribution in [0, 0.1) is 13.8 Å². The maximum Gasteiger partial charge on any atom is 0.339 e. The molecule has 1 aromatic carbocycles. The fraction of sp³-hybridized carbons (Fsp3) is 0.182. The highest BCUT2D eigenvalue weighted by Crippen LogP contribution is 2.31. The fourth-order valence-corrected chi connectivity index (χ4v) is 1.47. The van der Waals surface area contributed by atoms with Crippen molar-refractivity contribution in [1.29, 1.82) is 0 Å². The number of aryl methyl sites for hydroxylation is 1. The zero-order valence-electron chi connectivity index (χ0n) is 8.37. The molecule has 0 unspecified atom stereocenters. The monoisotopic (exact) mass is 206 g/mol. The Hall–Kier alpha value is -1.97. The molecule has 0 spiro atoms. The van der Waals surface area contributed by atoms with Gasteiger partial charge >= 0.3 is 5.63 Å². The van der Waals surface area contributed by atoms with E-state index in [0.717, 1.165) is 5.56 Å². The van der Waals surface area contributed by atoms with Crippen molar-refractivity contribution in [2.75, 3.05) is 0 Å². The SMILES string of the molecule is Cc1c(C)c2cc(O)c(O)cc2oc1=O. The van der Waals surface area contributed by atoms with Gasteiger partial charge in [0.1, 0.15) is 5.58 Å². The molecule has 0 fully saturated rings. The summed E-state index contributed by atoms with van der Waals surface area (Å²) in [7, 11) is 0. The van der Waals surface area contributed by atoms with E-state index in [4.69, 9.17) is 4.42 Å². The van der Waals surface area contributed by atoms with Crippen molar-refractivity contribution in [1.82, 2.24) is 0 Å². The Kier molecular flexibility index (Phi) is 1.93. The molecule has 15 heavy (non-hydrogen) atoms. The van der Waals surface area contributed by atoms with E-state index in [9.17, 15) is 15.0 Å². The second-order valence-corrected chi connectivity index (χ2v) is 3.48. The van der Waals surface area contributed by atoms with Crippen molar-refractivity contribution in [2.45, 2.75) is 13.8 Å². The first-order valence-electron chi connectivity index (χ1n) is 4.46. The molecule has 0 atom stereocenters. The average molecular weight is 206 g/mol. The van der Waals surface area contributed by atoms with Crippen molar-refractivity contribution in [3.63, 3.8) is 0 Å². The van der Waals surface area contributed by atoms with Crippen molar-refractivity contribution in [3.8, 4) is 11.5 Å². The molecule has 2 N–H and O–H groups in total. The van der Waals surface area contributed by atoms with Gasteiger partial charge in [-0.2, -0.15) is 0 Å². The van der Waals surface area contributed by atoms with Crippen molar-refractivity contribution in [3.05, 3.63) is 33.7 Å². The number of phenols is 2. The lowest BCUT2D eigenvalue weighted by atomic mass is 10.1. The molecule has 78 valence electrons. The van der Waals surface area contributed by atoms with Crippen LogP contribution in [0.3, 0.4) is 0 Å². The highest BCUT2D eigenvalue weighted by Gasteiger charge is 2.10. The minimum absolute atomic E-state index is 0.223. The van der Waals surface area contributed by atoms with E-state index in [-0.39, 0.29) is 17.1 Å². The second-order valence-electron chi connectivity index (χ2n) is 3.48. The summed E-state index contributed by atoms with van der Waals surface area (Å²) in [6, 6.07) is 2.62. The molecular formula is C11H10O4. The van der Waals surface area contributed by atoms with Gasteiger partial charge in [0.2, 0.25) is 0 Å². The van der Waals surface area contributed by atoms with Crippen LogP contribution in [0.5, 0.6) is 11.5 Å². The summed E-state index contributed by atoms with van der Waals surface area (Å²) in [5, 5.41) is 19.2. The molecule has 0 bridgehead atoms. The third-order valence-corrected chi connectivity index (χ3v) is 2.55. The van der Waals surface area contributed by atoms with Crippen LogP contribution in [-0.2, 0) is 0 Å². The highest BCUT2D eigenvalue weighted by atomic mass is 16.4. The lowest BCUT2D eigenvalue weighted by Crippen LogP contribution is -2.05. The molecule has 1 heterocycles. The smallest absolute Gasteiger partial charge is 0.339 e. The normalized spacial score (nSPS) is 10.8. The molecule has 4 nitrogen and oxygen atoms in total. The van der Waals surface area contributed by atoms with Crippen molar-refractivity contribution < 1.29 is 14.6 Å². The van der Waals surface area contributed by atoms with Gasteiger partial charge in [-0.1, -0.05) is 0 Å². The predicted molar refractivity (Wildman–Crippen MR) is 55.3 cm³/mol. The summed E-state index contributed by atoms with van der Waals surface area (Å²) in [6.45, 7) is 3.43. The summed E-state index contributed by atoms with van der Waals surface area (Å²) >= 11 is 0. The third kappa shape index (κ3) is 1.34. The molecular weight excluding hydrogens is 196 g/mol. The quantitative estimate of drug-likeness (QED) is 0.509. The van der Waals surface area contributed by atoms with Crippen LogP contribution in [-0.4, -0.2) is 10.2 Å². The standard InChI is InChI=1S/C11H10O4/c1-5-6(2)11(14)15-10-4-9(13)8(12)3-7(5)10/h3-4,12-13H,1-2H3. The largest absolute Gasteiger partial charge is 0.504 e. The molecule has 0 saturated carbocycles. The molecule has 0 radical (unpaired) electrons. The zero-order chi connectivity index (χ0) is 11.2. The fourth-order valence-electron chi connectivity index (χ4n) is 1.47. The third-order valence-electron chi connectivity index (χ3n) is 2.55. The second kappa shape index (κ2) is 3.02. The van der Waals surface area contributed by atoms with Gasteiger partial charge in [0.05, 0.1) is 0 Å². The highest BCUT2D eigenvalue weighted by molar-refractivity contribution is 5.84. The number of benzene rings is 1. The minimum atomic E-state index is -0.426. The molecule has 0 saturated heterocycles. The molecule has 1 aromatic heterocycles. The van der Waals surface area contributed by atoms with Crippen LogP contribution in [0.4, 0.5) is 0 Å². The van der Waals surface area contributed by atoms with E-state index in [1.165, 1.54) is 12.1 Å². The first kappa shape index (κ1) is 9.58. The maximum atomic E-state index is 11.3. The van der Waals surface area contributed by atoms with Gasteiger partial charge in [-0.15, -0.1) is 0 Å². The van der Waals surface area contributed by atoms with Gasteiger partial charge in [0, 0.05) is 17.0 Å². The van der Waals surface area contributed by atoms with Gasteiger partial charge < -0.3 is 14.6 Å². The Balaban J connectivity index is 3.00. The first-order valence-corrected chi connectivity index (χ1v) is 4.46. The van der Waals surface area contributed by atoms with E-state index in [2.05, 4.69) is 0 Å². The maximum absolute atomic E-state index is 11.3. The average Bonchev–Trinajstić information content (AvgIpc) is 2.19. The number of fused-ring (bicyclic) bond motifs is 1. The van der Waals surface area contributed by atoms with Gasteiger partial charge in [0.15, 0.2) is 11.5 Å². The minimum Gasteiger partial charge on any atom is -0.504 e. The number of aromatic hydroxyl groups is 2. The number of phenolic OH excluding ortho intramolecular Hbond substituents is 2. The molecule has 2 aromatic rings.